The molecule has 21 heavy (non-hydrogen) atoms. The molecule has 0 aliphatic rings. The van der Waals surface area contributed by atoms with E-state index in [0.717, 1.165) is 17.5 Å². The van der Waals surface area contributed by atoms with E-state index >= 15 is 0 Å². The van der Waals surface area contributed by atoms with E-state index in [1.54, 1.807) is 17.8 Å². The number of likely N-dealkylation sites (N-methyl/N-ethyl adjacent to an activating group) is 1. The van der Waals surface area contributed by atoms with Gasteiger partial charge in [-0.25, -0.2) is 0 Å². The van der Waals surface area contributed by atoms with Gasteiger partial charge in [-0.05, 0) is 44.7 Å². The van der Waals surface area contributed by atoms with Crippen LogP contribution in [0.25, 0.3) is 0 Å². The van der Waals surface area contributed by atoms with Crippen LogP contribution in [-0.2, 0) is 12.7 Å². The number of hydrogen-bond donors (Lipinski definition) is 1. The zero-order chi connectivity index (χ0) is 15.6. The summed E-state index contributed by atoms with van der Waals surface area (Å²) in [7, 11) is 1.73. The summed E-state index contributed by atoms with van der Waals surface area (Å²) in [4.78, 5) is 0. The van der Waals surface area contributed by atoms with Crippen molar-refractivity contribution in [2.45, 2.75) is 32.6 Å². The average molecular weight is 297 g/mol. The van der Waals surface area contributed by atoms with E-state index in [1.807, 2.05) is 19.9 Å². The highest BCUT2D eigenvalue weighted by Gasteiger charge is 2.30. The van der Waals surface area contributed by atoms with Crippen molar-refractivity contribution in [2.75, 3.05) is 7.05 Å². The highest BCUT2D eigenvalue weighted by molar-refractivity contribution is 5.28. The first kappa shape index (κ1) is 15.6. The van der Waals surface area contributed by atoms with Crippen LogP contribution in [0.15, 0.2) is 30.3 Å². The maximum atomic E-state index is 12.8. The predicted octanol–water partition coefficient (Wildman–Crippen LogP) is 3.48. The second-order valence-corrected chi connectivity index (χ2v) is 5.07. The minimum absolute atomic E-state index is 0.231. The summed E-state index contributed by atoms with van der Waals surface area (Å²) in [5.41, 5.74) is 1.85. The van der Waals surface area contributed by atoms with Gasteiger partial charge in [0.2, 0.25) is 0 Å². The molecule has 1 aromatic carbocycles. The van der Waals surface area contributed by atoms with Gasteiger partial charge in [0.25, 0.3) is 0 Å². The van der Waals surface area contributed by atoms with Crippen molar-refractivity contribution < 1.29 is 13.2 Å². The van der Waals surface area contributed by atoms with Crippen LogP contribution in [0, 0.1) is 13.8 Å². The Bertz CT molecular complexity index is 617. The monoisotopic (exact) mass is 297 g/mol. The molecule has 0 aliphatic carbocycles. The maximum absolute atomic E-state index is 12.8. The van der Waals surface area contributed by atoms with Gasteiger partial charge >= 0.3 is 6.18 Å². The van der Waals surface area contributed by atoms with Crippen molar-refractivity contribution >= 4 is 0 Å². The zero-order valence-electron chi connectivity index (χ0n) is 12.2. The quantitative estimate of drug-likeness (QED) is 0.936. The SMILES string of the molecule is CNC(Cn1nc(C)cc1C)c1cccc(C(F)(F)F)c1. The summed E-state index contributed by atoms with van der Waals surface area (Å²) in [6.45, 7) is 4.30. The third-order valence-electron chi connectivity index (χ3n) is 3.42. The Balaban J connectivity index is 2.27. The number of hydrogen-bond acceptors (Lipinski definition) is 2. The van der Waals surface area contributed by atoms with E-state index < -0.39 is 11.7 Å². The Morgan fingerprint density at radius 1 is 1.24 bits per heavy atom. The van der Waals surface area contributed by atoms with Crippen molar-refractivity contribution in [1.29, 1.82) is 0 Å². The largest absolute Gasteiger partial charge is 0.416 e. The summed E-state index contributed by atoms with van der Waals surface area (Å²) in [6.07, 6.45) is -4.33. The van der Waals surface area contributed by atoms with Crippen molar-refractivity contribution in [3.8, 4) is 0 Å². The molecule has 1 atom stereocenters. The molecule has 1 N–H and O–H groups in total. The topological polar surface area (TPSA) is 29.9 Å². The number of nitrogens with zero attached hydrogens (tertiary/aromatic N) is 2. The molecule has 6 heteroatoms. The fourth-order valence-electron chi connectivity index (χ4n) is 2.33. The highest BCUT2D eigenvalue weighted by Crippen LogP contribution is 2.31. The number of rotatable bonds is 4. The molecule has 2 rings (SSSR count). The Morgan fingerprint density at radius 3 is 2.48 bits per heavy atom. The standard InChI is InChI=1S/C15H18F3N3/c1-10-7-11(2)21(20-10)9-14(19-3)12-5-4-6-13(8-12)15(16,17)18/h4-8,14,19H,9H2,1-3H3. The normalized spacial score (nSPS) is 13.4. The number of nitrogens with one attached hydrogen (secondary N) is 1. The van der Waals surface area contributed by atoms with Crippen LogP contribution in [0.5, 0.6) is 0 Å². The Labute approximate surface area is 121 Å². The molecule has 0 amide bonds. The van der Waals surface area contributed by atoms with E-state index in [9.17, 15) is 13.2 Å². The number of aromatic nitrogens is 2. The molecular weight excluding hydrogens is 279 g/mol. The van der Waals surface area contributed by atoms with E-state index in [-0.39, 0.29) is 6.04 Å². The lowest BCUT2D eigenvalue weighted by Crippen LogP contribution is -2.23. The van der Waals surface area contributed by atoms with Crippen molar-refractivity contribution in [3.05, 3.63) is 52.8 Å². The number of alkyl halides is 3. The van der Waals surface area contributed by atoms with Crippen molar-refractivity contribution in [2.24, 2.45) is 0 Å². The van der Waals surface area contributed by atoms with Gasteiger partial charge in [0.1, 0.15) is 0 Å². The molecule has 0 saturated carbocycles. The number of halogens is 3. The van der Waals surface area contributed by atoms with Crippen LogP contribution in [0.2, 0.25) is 0 Å². The molecule has 2 aromatic rings. The molecule has 0 fully saturated rings. The first-order valence-corrected chi connectivity index (χ1v) is 6.66. The molecule has 0 spiro atoms. The molecular formula is C15H18F3N3. The Kier molecular flexibility index (Phi) is 4.37. The Hall–Kier alpha value is -1.82. The molecule has 1 unspecified atom stereocenters. The van der Waals surface area contributed by atoms with Gasteiger partial charge in [-0.15, -0.1) is 0 Å². The van der Waals surface area contributed by atoms with E-state index in [0.29, 0.717) is 12.1 Å². The minimum Gasteiger partial charge on any atom is -0.311 e. The third kappa shape index (κ3) is 3.64. The molecule has 1 heterocycles. The molecule has 114 valence electrons. The fraction of sp³-hybridized carbons (Fsp3) is 0.400. The number of aryl methyl sites for hydroxylation is 2. The van der Waals surface area contributed by atoms with Gasteiger partial charge < -0.3 is 5.32 Å². The molecule has 0 saturated heterocycles. The first-order chi connectivity index (χ1) is 9.81. The summed E-state index contributed by atoms with van der Waals surface area (Å²) >= 11 is 0. The Morgan fingerprint density at radius 2 is 1.95 bits per heavy atom. The fourth-order valence-corrected chi connectivity index (χ4v) is 2.33. The van der Waals surface area contributed by atoms with Crippen LogP contribution in [0.1, 0.15) is 28.6 Å². The van der Waals surface area contributed by atoms with Gasteiger partial charge in [0.05, 0.1) is 23.8 Å². The molecule has 3 nitrogen and oxygen atoms in total. The van der Waals surface area contributed by atoms with Crippen molar-refractivity contribution in [1.82, 2.24) is 15.1 Å². The molecule has 1 aromatic heterocycles. The smallest absolute Gasteiger partial charge is 0.311 e. The van der Waals surface area contributed by atoms with Gasteiger partial charge in [-0.2, -0.15) is 18.3 Å². The van der Waals surface area contributed by atoms with E-state index in [2.05, 4.69) is 10.4 Å². The lowest BCUT2D eigenvalue weighted by molar-refractivity contribution is -0.137. The average Bonchev–Trinajstić information content (AvgIpc) is 2.73. The molecule has 0 radical (unpaired) electrons. The lowest BCUT2D eigenvalue weighted by atomic mass is 10.0. The van der Waals surface area contributed by atoms with Crippen LogP contribution in [-0.4, -0.2) is 16.8 Å². The van der Waals surface area contributed by atoms with Gasteiger partial charge in [0.15, 0.2) is 0 Å². The summed E-state index contributed by atoms with van der Waals surface area (Å²) in [6, 6.07) is 7.11. The van der Waals surface area contributed by atoms with Gasteiger partial charge in [-0.3, -0.25) is 4.68 Å². The van der Waals surface area contributed by atoms with E-state index in [4.69, 9.17) is 0 Å². The van der Waals surface area contributed by atoms with Gasteiger partial charge in [-0.1, -0.05) is 12.1 Å². The van der Waals surface area contributed by atoms with Crippen LogP contribution >= 0.6 is 0 Å². The third-order valence-corrected chi connectivity index (χ3v) is 3.42. The van der Waals surface area contributed by atoms with Crippen LogP contribution < -0.4 is 5.32 Å². The van der Waals surface area contributed by atoms with Crippen molar-refractivity contribution in [3.63, 3.8) is 0 Å². The van der Waals surface area contributed by atoms with E-state index in [1.165, 1.54) is 12.1 Å². The van der Waals surface area contributed by atoms with Crippen LogP contribution in [0.4, 0.5) is 13.2 Å². The van der Waals surface area contributed by atoms with Gasteiger partial charge in [0, 0.05) is 5.69 Å². The summed E-state index contributed by atoms with van der Waals surface area (Å²) in [5, 5.41) is 7.40. The summed E-state index contributed by atoms with van der Waals surface area (Å²) < 4.78 is 40.2. The van der Waals surface area contributed by atoms with Crippen LogP contribution in [0.3, 0.4) is 0 Å². The first-order valence-electron chi connectivity index (χ1n) is 6.66. The zero-order valence-corrected chi connectivity index (χ0v) is 12.2. The minimum atomic E-state index is -4.33. The molecule has 0 aliphatic heterocycles. The molecule has 0 bridgehead atoms. The summed E-state index contributed by atoms with van der Waals surface area (Å²) in [5.74, 6) is 0. The highest BCUT2D eigenvalue weighted by atomic mass is 19.4. The predicted molar refractivity (Wildman–Crippen MR) is 74.9 cm³/mol. The maximum Gasteiger partial charge on any atom is 0.416 e. The number of benzene rings is 1. The lowest BCUT2D eigenvalue weighted by Gasteiger charge is -2.19. The second-order valence-electron chi connectivity index (χ2n) is 5.07. The second kappa shape index (κ2) is 5.89.